The summed E-state index contributed by atoms with van der Waals surface area (Å²) in [4.78, 5) is 0. The van der Waals surface area contributed by atoms with E-state index < -0.39 is 0 Å². The summed E-state index contributed by atoms with van der Waals surface area (Å²) < 4.78 is 23.4. The van der Waals surface area contributed by atoms with Gasteiger partial charge in [0.2, 0.25) is 0 Å². The summed E-state index contributed by atoms with van der Waals surface area (Å²) in [5.74, 6) is 2.21. The summed E-state index contributed by atoms with van der Waals surface area (Å²) in [6, 6.07) is 19.0. The molecule has 0 atom stereocenters. The average molecular weight is 456 g/mol. The summed E-state index contributed by atoms with van der Waals surface area (Å²) in [6.45, 7) is 5.46. The number of hydrogen-bond acceptors (Lipinski definition) is 6. The van der Waals surface area contributed by atoms with Crippen molar-refractivity contribution in [2.75, 3.05) is 13.2 Å². The Morgan fingerprint density at radius 1 is 0.781 bits per heavy atom. The fourth-order valence-corrected chi connectivity index (χ4v) is 3.33. The van der Waals surface area contributed by atoms with Gasteiger partial charge in [-0.25, -0.2) is 0 Å². The molecule has 3 aromatic carbocycles. The highest BCUT2D eigenvalue weighted by Gasteiger charge is 2.14. The fourth-order valence-electron chi connectivity index (χ4n) is 3.05. The van der Waals surface area contributed by atoms with Crippen LogP contribution in [-0.2, 0) is 13.2 Å². The van der Waals surface area contributed by atoms with Gasteiger partial charge in [-0.2, -0.15) is 0 Å². The summed E-state index contributed by atoms with van der Waals surface area (Å²) in [5.41, 5.74) is 2.57. The van der Waals surface area contributed by atoms with Crippen LogP contribution in [0.2, 0.25) is 5.02 Å². The van der Waals surface area contributed by atoms with E-state index in [4.69, 9.17) is 35.8 Å². The van der Waals surface area contributed by atoms with E-state index >= 15 is 0 Å². The molecule has 0 bridgehead atoms. The number of hydrogen-bond donors (Lipinski definition) is 1. The Bertz CT molecular complexity index is 1040. The van der Waals surface area contributed by atoms with E-state index in [1.54, 1.807) is 12.1 Å². The Balaban J connectivity index is 1.75. The molecule has 1 N–H and O–H groups in total. The lowest BCUT2D eigenvalue weighted by molar-refractivity contribution is 0.261. The third-order valence-corrected chi connectivity index (χ3v) is 4.75. The third kappa shape index (κ3) is 6.31. The maximum absolute atomic E-state index is 8.78. The molecule has 3 aromatic rings. The van der Waals surface area contributed by atoms with Crippen molar-refractivity contribution in [3.8, 4) is 23.0 Å². The lowest BCUT2D eigenvalue weighted by atomic mass is 10.2. The molecule has 0 aliphatic rings. The van der Waals surface area contributed by atoms with Gasteiger partial charge in [0.25, 0.3) is 0 Å². The molecule has 0 fully saturated rings. The highest BCUT2D eigenvalue weighted by molar-refractivity contribution is 6.32. The first-order chi connectivity index (χ1) is 15.6. The van der Waals surface area contributed by atoms with Gasteiger partial charge in [0.15, 0.2) is 23.0 Å². The second-order valence-corrected chi connectivity index (χ2v) is 7.19. The Labute approximate surface area is 193 Å². The highest BCUT2D eigenvalue weighted by atomic mass is 35.5. The topological polar surface area (TPSA) is 69.5 Å². The molecule has 0 aliphatic heterocycles. The molecule has 168 valence electrons. The smallest absolute Gasteiger partial charge is 0.180 e. The minimum atomic E-state index is 0.256. The van der Waals surface area contributed by atoms with Crippen molar-refractivity contribution in [2.24, 2.45) is 5.16 Å². The van der Waals surface area contributed by atoms with Crippen LogP contribution in [0.3, 0.4) is 0 Å². The summed E-state index contributed by atoms with van der Waals surface area (Å²) in [5, 5.41) is 12.2. The Morgan fingerprint density at radius 2 is 1.50 bits per heavy atom. The van der Waals surface area contributed by atoms with Crippen LogP contribution in [0.4, 0.5) is 0 Å². The quantitative estimate of drug-likeness (QED) is 0.215. The van der Waals surface area contributed by atoms with Crippen LogP contribution >= 0.6 is 11.6 Å². The zero-order valence-corrected chi connectivity index (χ0v) is 18.8. The van der Waals surface area contributed by atoms with Crippen LogP contribution < -0.4 is 18.9 Å². The number of benzene rings is 3. The molecule has 0 aromatic heterocycles. The Morgan fingerprint density at radius 3 is 2.22 bits per heavy atom. The van der Waals surface area contributed by atoms with Gasteiger partial charge < -0.3 is 24.2 Å². The van der Waals surface area contributed by atoms with Crippen LogP contribution in [0.1, 0.15) is 30.5 Å². The average Bonchev–Trinajstić information content (AvgIpc) is 2.79. The minimum Gasteiger partial charge on any atom is -0.490 e. The number of nitrogens with zero attached hydrogens (tertiary/aromatic N) is 1. The summed E-state index contributed by atoms with van der Waals surface area (Å²) in [7, 11) is 0. The van der Waals surface area contributed by atoms with Gasteiger partial charge in [-0.3, -0.25) is 0 Å². The molecule has 0 radical (unpaired) electrons. The zero-order valence-electron chi connectivity index (χ0n) is 18.1. The van der Waals surface area contributed by atoms with Gasteiger partial charge >= 0.3 is 0 Å². The fraction of sp³-hybridized carbons (Fsp3) is 0.240. The van der Waals surface area contributed by atoms with Crippen molar-refractivity contribution < 1.29 is 24.2 Å². The predicted octanol–water partition coefficient (Wildman–Crippen LogP) is 6.10. The maximum Gasteiger partial charge on any atom is 0.180 e. The van der Waals surface area contributed by atoms with Gasteiger partial charge in [-0.1, -0.05) is 53.2 Å². The van der Waals surface area contributed by atoms with Crippen LogP contribution in [0.5, 0.6) is 23.0 Å². The SMILES string of the molecule is CCOc1cc(COc2c(Cl)cc(/C=N/O)cc2OCC)ccc1OCc1ccccc1. The third-order valence-electron chi connectivity index (χ3n) is 4.47. The van der Waals surface area contributed by atoms with E-state index in [2.05, 4.69) is 5.16 Å². The largest absolute Gasteiger partial charge is 0.490 e. The number of ether oxygens (including phenoxy) is 4. The summed E-state index contributed by atoms with van der Waals surface area (Å²) in [6.07, 6.45) is 1.28. The lowest BCUT2D eigenvalue weighted by Crippen LogP contribution is -2.03. The molecule has 32 heavy (non-hydrogen) atoms. The molecular weight excluding hydrogens is 430 g/mol. The van der Waals surface area contributed by atoms with Crippen molar-refractivity contribution in [1.82, 2.24) is 0 Å². The van der Waals surface area contributed by atoms with Crippen molar-refractivity contribution in [2.45, 2.75) is 27.1 Å². The molecular formula is C25H26ClNO5. The monoisotopic (exact) mass is 455 g/mol. The first-order valence-electron chi connectivity index (χ1n) is 10.3. The molecule has 0 saturated carbocycles. The lowest BCUT2D eigenvalue weighted by Gasteiger charge is -2.16. The first-order valence-corrected chi connectivity index (χ1v) is 10.7. The molecule has 0 aliphatic carbocycles. The van der Waals surface area contributed by atoms with Gasteiger partial charge in [0.1, 0.15) is 13.2 Å². The Kier molecular flexibility index (Phi) is 8.63. The van der Waals surface area contributed by atoms with Gasteiger partial charge in [0.05, 0.1) is 24.5 Å². The minimum absolute atomic E-state index is 0.256. The van der Waals surface area contributed by atoms with Crippen LogP contribution in [0.25, 0.3) is 0 Å². The molecule has 0 amide bonds. The molecule has 0 heterocycles. The van der Waals surface area contributed by atoms with E-state index in [1.807, 2.05) is 62.4 Å². The molecule has 7 heteroatoms. The van der Waals surface area contributed by atoms with Crippen LogP contribution in [-0.4, -0.2) is 24.6 Å². The zero-order chi connectivity index (χ0) is 22.8. The van der Waals surface area contributed by atoms with E-state index in [-0.39, 0.29) is 6.61 Å². The van der Waals surface area contributed by atoms with Gasteiger partial charge in [0, 0.05) is 5.56 Å². The van der Waals surface area contributed by atoms with E-state index in [0.717, 1.165) is 11.1 Å². The second-order valence-electron chi connectivity index (χ2n) is 6.78. The standard InChI is InChI=1S/C25H26ClNO5/c1-3-29-23-13-19(10-11-22(23)31-16-18-8-6-5-7-9-18)17-32-25-21(26)12-20(15-27-28)14-24(25)30-4-2/h5-15,28H,3-4,16-17H2,1-2H3/b27-15+. The first kappa shape index (κ1) is 23.3. The van der Waals surface area contributed by atoms with Crippen LogP contribution in [0, 0.1) is 0 Å². The van der Waals surface area contributed by atoms with Gasteiger partial charge in [-0.15, -0.1) is 0 Å². The van der Waals surface area contributed by atoms with Crippen molar-refractivity contribution in [3.63, 3.8) is 0 Å². The number of rotatable bonds is 11. The normalized spacial score (nSPS) is 10.8. The number of halogens is 1. The van der Waals surface area contributed by atoms with Crippen LogP contribution in [0.15, 0.2) is 65.8 Å². The highest BCUT2D eigenvalue weighted by Crippen LogP contribution is 2.37. The maximum atomic E-state index is 8.78. The molecule has 0 unspecified atom stereocenters. The number of oxime groups is 1. The second kappa shape index (κ2) is 11.9. The van der Waals surface area contributed by atoms with E-state index in [9.17, 15) is 0 Å². The van der Waals surface area contributed by atoms with Crippen molar-refractivity contribution in [3.05, 3.63) is 82.4 Å². The molecule has 6 nitrogen and oxygen atoms in total. The Hall–Kier alpha value is -3.38. The van der Waals surface area contributed by atoms with E-state index in [0.29, 0.717) is 53.4 Å². The summed E-state index contributed by atoms with van der Waals surface area (Å²) >= 11 is 6.38. The molecule has 3 rings (SSSR count). The van der Waals surface area contributed by atoms with Gasteiger partial charge in [-0.05, 0) is 49.2 Å². The predicted molar refractivity (Wildman–Crippen MR) is 125 cm³/mol. The van der Waals surface area contributed by atoms with Crippen molar-refractivity contribution >= 4 is 17.8 Å². The molecule has 0 saturated heterocycles. The molecule has 0 spiro atoms. The van der Waals surface area contributed by atoms with E-state index in [1.165, 1.54) is 6.21 Å². The van der Waals surface area contributed by atoms with Crippen molar-refractivity contribution in [1.29, 1.82) is 0 Å².